The summed E-state index contributed by atoms with van der Waals surface area (Å²) in [6, 6.07) is 0. The van der Waals surface area contributed by atoms with Crippen LogP contribution in [0.15, 0.2) is 0 Å². The lowest BCUT2D eigenvalue weighted by Crippen LogP contribution is -2.62. The van der Waals surface area contributed by atoms with Crippen LogP contribution in [-0.2, 0) is 28.7 Å². The lowest BCUT2D eigenvalue weighted by atomic mass is 9.80. The van der Waals surface area contributed by atoms with E-state index in [0.717, 1.165) is 64.2 Å². The van der Waals surface area contributed by atoms with Gasteiger partial charge in [0.15, 0.2) is 0 Å². The largest absolute Gasteiger partial charge is 0.462 e. The van der Waals surface area contributed by atoms with E-state index < -0.39 is 0 Å². The number of hydrogen-bond donors (Lipinski definition) is 0. The van der Waals surface area contributed by atoms with Gasteiger partial charge in [-0.05, 0) is 81.1 Å². The SMILES string of the molecule is CCCCCCCCCCCCCCCCCC(=O)OC1CC(C)(C)N(OCCCCON2C(C)(C)CC(OC(=O)CCCCCCCCCCCCCCCCC)CC2(C)C)C(C)(C)C1. The Balaban J connectivity index is 1.55. The first kappa shape index (κ1) is 60.9. The topological polar surface area (TPSA) is 77.5 Å². The van der Waals surface area contributed by atoms with Gasteiger partial charge in [-0.15, -0.1) is 0 Å². The van der Waals surface area contributed by atoms with Gasteiger partial charge in [0.1, 0.15) is 12.2 Å². The Labute approximate surface area is 410 Å². The van der Waals surface area contributed by atoms with Gasteiger partial charge in [-0.25, -0.2) is 0 Å². The zero-order chi connectivity index (χ0) is 48.6. The Bertz CT molecular complexity index is 1090. The Morgan fingerprint density at radius 2 is 0.561 bits per heavy atom. The minimum atomic E-state index is -0.258. The molecule has 390 valence electrons. The van der Waals surface area contributed by atoms with E-state index in [1.165, 1.54) is 167 Å². The summed E-state index contributed by atoms with van der Waals surface area (Å²) in [5.41, 5.74) is -1.03. The van der Waals surface area contributed by atoms with Crippen molar-refractivity contribution in [1.29, 1.82) is 0 Å². The molecule has 2 aliphatic rings. The van der Waals surface area contributed by atoms with Crippen molar-refractivity contribution in [2.45, 2.75) is 348 Å². The van der Waals surface area contributed by atoms with Gasteiger partial charge in [0, 0.05) is 60.7 Å². The highest BCUT2D eigenvalue weighted by molar-refractivity contribution is 5.69. The van der Waals surface area contributed by atoms with E-state index in [-0.39, 0.29) is 46.3 Å². The first-order chi connectivity index (χ1) is 31.5. The Kier molecular flexibility index (Phi) is 32.3. The molecule has 2 rings (SSSR count). The lowest BCUT2D eigenvalue weighted by molar-refractivity contribution is -0.299. The summed E-state index contributed by atoms with van der Waals surface area (Å²) in [4.78, 5) is 38.8. The predicted octanol–water partition coefficient (Wildman–Crippen LogP) is 17.3. The Morgan fingerprint density at radius 3 is 0.788 bits per heavy atom. The molecule has 2 fully saturated rings. The highest BCUT2D eigenvalue weighted by Gasteiger charge is 2.49. The number of hydrogen-bond acceptors (Lipinski definition) is 8. The van der Waals surface area contributed by atoms with Gasteiger partial charge in [-0.1, -0.05) is 194 Å². The van der Waals surface area contributed by atoms with Crippen LogP contribution in [0.5, 0.6) is 0 Å². The maximum absolute atomic E-state index is 12.9. The molecule has 66 heavy (non-hydrogen) atoms. The van der Waals surface area contributed by atoms with Crippen molar-refractivity contribution in [3.63, 3.8) is 0 Å². The third kappa shape index (κ3) is 27.2. The molecule has 0 saturated carbocycles. The Hall–Kier alpha value is -1.22. The molecule has 0 amide bonds. The molecule has 8 nitrogen and oxygen atoms in total. The van der Waals surface area contributed by atoms with Crippen LogP contribution in [0.1, 0.15) is 313 Å². The van der Waals surface area contributed by atoms with Crippen molar-refractivity contribution in [3.05, 3.63) is 0 Å². The molecule has 0 N–H and O–H groups in total. The second-order valence-corrected chi connectivity index (χ2v) is 23.7. The molecule has 0 aromatic rings. The van der Waals surface area contributed by atoms with Crippen molar-refractivity contribution in [3.8, 4) is 0 Å². The van der Waals surface area contributed by atoms with E-state index in [4.69, 9.17) is 19.1 Å². The van der Waals surface area contributed by atoms with Crippen LogP contribution in [0.3, 0.4) is 0 Å². The number of ether oxygens (including phenoxy) is 2. The van der Waals surface area contributed by atoms with Gasteiger partial charge in [0.25, 0.3) is 0 Å². The van der Waals surface area contributed by atoms with E-state index >= 15 is 0 Å². The van der Waals surface area contributed by atoms with Crippen molar-refractivity contribution < 1.29 is 28.7 Å². The Morgan fingerprint density at radius 1 is 0.348 bits per heavy atom. The fourth-order valence-electron chi connectivity index (χ4n) is 11.5. The van der Waals surface area contributed by atoms with Crippen molar-refractivity contribution >= 4 is 11.9 Å². The highest BCUT2D eigenvalue weighted by Crippen LogP contribution is 2.41. The molecule has 8 heteroatoms. The van der Waals surface area contributed by atoms with Crippen molar-refractivity contribution in [2.24, 2.45) is 0 Å². The maximum atomic E-state index is 12.9. The van der Waals surface area contributed by atoms with Gasteiger partial charge in [0.2, 0.25) is 0 Å². The fourth-order valence-corrected chi connectivity index (χ4v) is 11.5. The van der Waals surface area contributed by atoms with Gasteiger partial charge in [0.05, 0.1) is 13.2 Å². The quantitative estimate of drug-likeness (QED) is 0.0443. The second kappa shape index (κ2) is 35.0. The maximum Gasteiger partial charge on any atom is 0.306 e. The summed E-state index contributed by atoms with van der Waals surface area (Å²) in [6.07, 6.45) is 45.4. The molecule has 0 spiro atoms. The monoisotopic (exact) mass is 933 g/mol. The minimum Gasteiger partial charge on any atom is -0.462 e. The molecule has 2 saturated heterocycles. The van der Waals surface area contributed by atoms with Gasteiger partial charge >= 0.3 is 11.9 Å². The number of rotatable bonds is 41. The highest BCUT2D eigenvalue weighted by atomic mass is 16.7. The van der Waals surface area contributed by atoms with Crippen LogP contribution in [0, 0.1) is 0 Å². The van der Waals surface area contributed by atoms with Crippen LogP contribution < -0.4 is 0 Å². The van der Waals surface area contributed by atoms with E-state index in [1.807, 2.05) is 0 Å². The molecule has 2 aliphatic heterocycles. The number of piperidine rings is 2. The summed E-state index contributed by atoms with van der Waals surface area (Å²) in [6.45, 7) is 23.5. The normalized spacial score (nSPS) is 18.8. The molecule has 0 atom stereocenters. The van der Waals surface area contributed by atoms with Gasteiger partial charge < -0.3 is 9.47 Å². The molecule has 0 aromatic heterocycles. The van der Waals surface area contributed by atoms with Crippen LogP contribution >= 0.6 is 0 Å². The molecule has 0 unspecified atom stereocenters. The summed E-state index contributed by atoms with van der Waals surface area (Å²) in [7, 11) is 0. The van der Waals surface area contributed by atoms with Crippen LogP contribution in [0.2, 0.25) is 0 Å². The predicted molar refractivity (Wildman–Crippen MR) is 278 cm³/mol. The second-order valence-electron chi connectivity index (χ2n) is 23.7. The summed E-state index contributed by atoms with van der Waals surface area (Å²) >= 11 is 0. The number of unbranched alkanes of at least 4 members (excludes halogenated alkanes) is 29. The third-order valence-electron chi connectivity index (χ3n) is 14.7. The van der Waals surface area contributed by atoms with Crippen LogP contribution in [0.25, 0.3) is 0 Å². The molecule has 0 bridgehead atoms. The van der Waals surface area contributed by atoms with E-state index in [1.54, 1.807) is 0 Å². The molecule has 0 aromatic carbocycles. The van der Waals surface area contributed by atoms with Gasteiger partial charge in [-0.2, -0.15) is 10.1 Å². The average Bonchev–Trinajstić information content (AvgIpc) is 3.22. The minimum absolute atomic E-state index is 0.0437. The van der Waals surface area contributed by atoms with Crippen molar-refractivity contribution in [2.75, 3.05) is 13.2 Å². The summed E-state index contributed by atoms with van der Waals surface area (Å²) in [5.74, 6) is -0.0873. The van der Waals surface area contributed by atoms with E-state index in [0.29, 0.717) is 26.1 Å². The first-order valence-electron chi connectivity index (χ1n) is 28.8. The number of hydroxylamine groups is 4. The summed E-state index contributed by atoms with van der Waals surface area (Å²) < 4.78 is 12.2. The fraction of sp³-hybridized carbons (Fsp3) is 0.966. The van der Waals surface area contributed by atoms with E-state index in [2.05, 4.69) is 79.4 Å². The van der Waals surface area contributed by atoms with Gasteiger partial charge in [-0.3, -0.25) is 19.3 Å². The van der Waals surface area contributed by atoms with E-state index in [9.17, 15) is 9.59 Å². The zero-order valence-corrected chi connectivity index (χ0v) is 45.8. The zero-order valence-electron chi connectivity index (χ0n) is 45.8. The van der Waals surface area contributed by atoms with Crippen LogP contribution in [-0.4, -0.2) is 69.6 Å². The standard InChI is InChI=1S/C58H112N2O6/c1-11-13-15-17-19-21-23-25-27-29-31-33-35-37-39-43-53(61)65-51-47-55(3,4)59(56(5,6)48-51)63-45-41-42-46-64-60-57(7,8)49-52(50-58(60,9)10)66-54(62)44-40-38-36-34-32-30-28-26-24-22-20-18-16-14-12-2/h51-52H,11-50H2,1-10H3. The number of carbonyl (C=O) groups excluding carboxylic acids is 2. The number of carbonyl (C=O) groups is 2. The third-order valence-corrected chi connectivity index (χ3v) is 14.7. The molecular weight excluding hydrogens is 821 g/mol. The molecule has 0 radical (unpaired) electrons. The molecule has 2 heterocycles. The number of nitrogens with zero attached hydrogens (tertiary/aromatic N) is 2. The summed E-state index contributed by atoms with van der Waals surface area (Å²) in [5, 5.41) is 4.33. The first-order valence-corrected chi connectivity index (χ1v) is 28.8. The molecular formula is C58H112N2O6. The molecule has 0 aliphatic carbocycles. The smallest absolute Gasteiger partial charge is 0.306 e. The lowest BCUT2D eigenvalue weighted by Gasteiger charge is -2.53. The van der Waals surface area contributed by atoms with Crippen LogP contribution in [0.4, 0.5) is 0 Å². The number of esters is 2. The average molecular weight is 934 g/mol. The van der Waals surface area contributed by atoms with Crippen molar-refractivity contribution in [1.82, 2.24) is 10.1 Å².